The maximum absolute atomic E-state index is 12.7. The molecule has 2 saturated heterocycles. The summed E-state index contributed by atoms with van der Waals surface area (Å²) < 4.78 is 25.2. The number of likely N-dealkylation sites (tertiary alicyclic amines) is 1. The molecule has 1 N–H and O–H groups in total. The van der Waals surface area contributed by atoms with Gasteiger partial charge in [0.2, 0.25) is 5.91 Å². The highest BCUT2D eigenvalue weighted by Gasteiger charge is 2.50. The molecule has 1 aromatic rings. The van der Waals surface area contributed by atoms with Gasteiger partial charge in [-0.1, -0.05) is 30.3 Å². The van der Waals surface area contributed by atoms with Crippen LogP contribution in [0.3, 0.4) is 0 Å². The summed E-state index contributed by atoms with van der Waals surface area (Å²) in [7, 11) is -3.08. The number of hydrogen-bond acceptors (Lipinski definition) is 4. The fourth-order valence-corrected chi connectivity index (χ4v) is 6.74. The van der Waals surface area contributed by atoms with E-state index in [1.807, 2.05) is 18.2 Å². The van der Waals surface area contributed by atoms with Crippen molar-refractivity contribution in [3.05, 3.63) is 35.9 Å². The Balaban J connectivity index is 1.42. The van der Waals surface area contributed by atoms with Crippen LogP contribution in [0, 0.1) is 11.8 Å². The summed E-state index contributed by atoms with van der Waals surface area (Å²) in [4.78, 5) is 15.0. The van der Waals surface area contributed by atoms with E-state index < -0.39 is 9.84 Å². The second kappa shape index (κ2) is 7.31. The van der Waals surface area contributed by atoms with E-state index in [9.17, 15) is 13.2 Å². The van der Waals surface area contributed by atoms with Crippen LogP contribution >= 0.6 is 0 Å². The van der Waals surface area contributed by atoms with Gasteiger partial charge in [0.25, 0.3) is 0 Å². The van der Waals surface area contributed by atoms with Gasteiger partial charge in [-0.2, -0.15) is 0 Å². The van der Waals surface area contributed by atoms with Gasteiger partial charge in [0, 0.05) is 37.5 Å². The van der Waals surface area contributed by atoms with Gasteiger partial charge in [0.05, 0.1) is 11.0 Å². The molecule has 5 nitrogen and oxygen atoms in total. The molecule has 3 aliphatic rings. The molecule has 26 heavy (non-hydrogen) atoms. The molecule has 0 radical (unpaired) electrons. The molecule has 0 aromatic heterocycles. The highest BCUT2D eigenvalue weighted by Crippen LogP contribution is 2.37. The van der Waals surface area contributed by atoms with Gasteiger partial charge >= 0.3 is 0 Å². The number of carbonyl (C=O) groups excluding carboxylic acids is 1. The summed E-state index contributed by atoms with van der Waals surface area (Å²) in [5.41, 5.74) is 1.27. The molecule has 3 atom stereocenters. The fraction of sp³-hybridized carbons (Fsp3) is 0.650. The Bertz CT molecular complexity index is 746. The summed E-state index contributed by atoms with van der Waals surface area (Å²) in [6, 6.07) is 10.6. The van der Waals surface area contributed by atoms with E-state index in [1.54, 1.807) is 0 Å². The predicted octanol–water partition coefficient (Wildman–Crippen LogP) is 1.63. The topological polar surface area (TPSA) is 66.5 Å². The number of nitrogens with one attached hydrogen (secondary N) is 1. The Kier molecular flexibility index (Phi) is 5.06. The van der Waals surface area contributed by atoms with Crippen molar-refractivity contribution in [2.24, 2.45) is 11.8 Å². The third-order valence-corrected chi connectivity index (χ3v) is 8.65. The van der Waals surface area contributed by atoms with Gasteiger partial charge in [-0.05, 0) is 37.7 Å². The van der Waals surface area contributed by atoms with Crippen molar-refractivity contribution in [1.29, 1.82) is 0 Å². The Labute approximate surface area is 156 Å². The normalized spacial score (nSPS) is 31.2. The first-order valence-electron chi connectivity index (χ1n) is 9.81. The van der Waals surface area contributed by atoms with E-state index in [2.05, 4.69) is 22.3 Å². The first kappa shape index (κ1) is 18.0. The molecule has 1 aromatic carbocycles. The van der Waals surface area contributed by atoms with Crippen molar-refractivity contribution in [3.63, 3.8) is 0 Å². The zero-order chi connectivity index (χ0) is 18.1. The zero-order valence-electron chi connectivity index (χ0n) is 15.1. The quantitative estimate of drug-likeness (QED) is 0.848. The molecule has 0 bridgehead atoms. The Morgan fingerprint density at radius 2 is 1.88 bits per heavy atom. The van der Waals surface area contributed by atoms with Crippen molar-refractivity contribution >= 4 is 15.7 Å². The van der Waals surface area contributed by atoms with Gasteiger partial charge in [0.15, 0.2) is 9.84 Å². The molecule has 0 unspecified atom stereocenters. The fourth-order valence-electron chi connectivity index (χ4n) is 4.60. The lowest BCUT2D eigenvalue weighted by atomic mass is 9.86. The number of fused-ring (bicyclic) bond motifs is 1. The largest absolute Gasteiger partial charge is 0.353 e. The van der Waals surface area contributed by atoms with Gasteiger partial charge in [-0.25, -0.2) is 8.42 Å². The predicted molar refractivity (Wildman–Crippen MR) is 102 cm³/mol. The van der Waals surface area contributed by atoms with Crippen LogP contribution < -0.4 is 5.32 Å². The van der Waals surface area contributed by atoms with Crippen molar-refractivity contribution in [2.75, 3.05) is 25.4 Å². The molecule has 3 fully saturated rings. The molecule has 0 spiro atoms. The lowest BCUT2D eigenvalue weighted by molar-refractivity contribution is -0.128. The molecule has 1 saturated carbocycles. The van der Waals surface area contributed by atoms with E-state index >= 15 is 0 Å². The van der Waals surface area contributed by atoms with E-state index in [0.717, 1.165) is 32.4 Å². The number of amides is 1. The Morgan fingerprint density at radius 1 is 1.12 bits per heavy atom. The smallest absolute Gasteiger partial charge is 0.223 e. The second-order valence-corrected chi connectivity index (χ2v) is 10.4. The first-order chi connectivity index (χ1) is 12.5. The Morgan fingerprint density at radius 3 is 2.58 bits per heavy atom. The van der Waals surface area contributed by atoms with Crippen molar-refractivity contribution < 1.29 is 13.2 Å². The van der Waals surface area contributed by atoms with Crippen LogP contribution in [0.4, 0.5) is 0 Å². The van der Waals surface area contributed by atoms with Crippen molar-refractivity contribution in [2.45, 2.75) is 43.4 Å². The highest BCUT2D eigenvalue weighted by atomic mass is 32.2. The summed E-state index contributed by atoms with van der Waals surface area (Å²) in [6.07, 6.45) is 4.71. The third-order valence-electron chi connectivity index (χ3n) is 6.42. The maximum Gasteiger partial charge on any atom is 0.223 e. The average Bonchev–Trinajstić information content (AvgIpc) is 3.03. The molecule has 142 valence electrons. The average molecular weight is 377 g/mol. The van der Waals surface area contributed by atoms with Crippen LogP contribution in [0.2, 0.25) is 0 Å². The lowest BCUT2D eigenvalue weighted by Crippen LogP contribution is -2.50. The number of nitrogens with zero attached hydrogens (tertiary/aromatic N) is 1. The molecule has 2 aliphatic heterocycles. The number of benzene rings is 1. The number of hydrogen-bond donors (Lipinski definition) is 1. The van der Waals surface area contributed by atoms with Crippen LogP contribution in [-0.4, -0.2) is 55.9 Å². The molecule has 6 heteroatoms. The second-order valence-electron chi connectivity index (χ2n) is 8.10. The molecule has 2 heterocycles. The van der Waals surface area contributed by atoms with Gasteiger partial charge < -0.3 is 10.2 Å². The molecule has 1 aliphatic carbocycles. The summed E-state index contributed by atoms with van der Waals surface area (Å²) in [6.45, 7) is 2.15. The number of rotatable bonds is 5. The zero-order valence-corrected chi connectivity index (χ0v) is 16.0. The molecular weight excluding hydrogens is 348 g/mol. The van der Waals surface area contributed by atoms with Gasteiger partial charge in [0.1, 0.15) is 0 Å². The SMILES string of the molecule is O=C(NC1CCC1)[C@H]1CCS(=O)(=O)[C@@H]2CN(CCc3ccccc3)C[C@H]12. The third kappa shape index (κ3) is 3.67. The van der Waals surface area contributed by atoms with Crippen LogP contribution in [0.25, 0.3) is 0 Å². The standard InChI is InChI=1S/C20H28N2O3S/c23-20(21-16-7-4-8-16)17-10-12-26(24,25)19-14-22(13-18(17)19)11-9-15-5-2-1-3-6-15/h1-3,5-6,16-19H,4,7-14H2,(H,21,23)/t17-,18+,19+/m0/s1. The minimum Gasteiger partial charge on any atom is -0.353 e. The summed E-state index contributed by atoms with van der Waals surface area (Å²) >= 11 is 0. The number of carbonyl (C=O) groups is 1. The van der Waals surface area contributed by atoms with Gasteiger partial charge in [-0.3, -0.25) is 4.79 Å². The van der Waals surface area contributed by atoms with Crippen LogP contribution in [-0.2, 0) is 21.1 Å². The van der Waals surface area contributed by atoms with E-state index in [0.29, 0.717) is 19.0 Å². The Hall–Kier alpha value is -1.40. The van der Waals surface area contributed by atoms with E-state index in [-0.39, 0.29) is 28.7 Å². The van der Waals surface area contributed by atoms with E-state index in [1.165, 1.54) is 12.0 Å². The molecule has 4 rings (SSSR count). The first-order valence-corrected chi connectivity index (χ1v) is 11.5. The maximum atomic E-state index is 12.7. The summed E-state index contributed by atoms with van der Waals surface area (Å²) in [5, 5.41) is 2.78. The highest BCUT2D eigenvalue weighted by molar-refractivity contribution is 7.92. The lowest BCUT2D eigenvalue weighted by Gasteiger charge is -2.34. The minimum atomic E-state index is -3.08. The number of sulfone groups is 1. The minimum absolute atomic E-state index is 0.0513. The van der Waals surface area contributed by atoms with Crippen molar-refractivity contribution in [1.82, 2.24) is 10.2 Å². The monoisotopic (exact) mass is 376 g/mol. The van der Waals surface area contributed by atoms with Crippen LogP contribution in [0.15, 0.2) is 30.3 Å². The molecular formula is C20H28N2O3S. The van der Waals surface area contributed by atoms with Gasteiger partial charge in [-0.15, -0.1) is 0 Å². The van der Waals surface area contributed by atoms with E-state index in [4.69, 9.17) is 0 Å². The summed E-state index contributed by atoms with van der Waals surface area (Å²) in [5.74, 6) is 0.0450. The molecule has 1 amide bonds. The van der Waals surface area contributed by atoms with Crippen LogP contribution in [0.1, 0.15) is 31.2 Å². The van der Waals surface area contributed by atoms with Crippen LogP contribution in [0.5, 0.6) is 0 Å². The van der Waals surface area contributed by atoms with Crippen molar-refractivity contribution in [3.8, 4) is 0 Å².